The number of imide groups is 1. The number of rotatable bonds is 3. The Morgan fingerprint density at radius 3 is 2.68 bits per heavy atom. The molecule has 3 aromatic rings. The number of fused-ring (bicyclic) bond motifs is 1. The van der Waals surface area contributed by atoms with Gasteiger partial charge in [0.2, 0.25) is 11.8 Å². The van der Waals surface area contributed by atoms with Crippen molar-refractivity contribution in [1.82, 2.24) is 19.8 Å². The van der Waals surface area contributed by atoms with Gasteiger partial charge in [-0.3, -0.25) is 19.7 Å². The Bertz CT molecular complexity index is 1250. The second-order valence-electron chi connectivity index (χ2n) is 7.91. The maximum Gasteiger partial charge on any atom is 0.255 e. The van der Waals surface area contributed by atoms with Crippen LogP contribution in [0.25, 0.3) is 22.5 Å². The first-order valence-corrected chi connectivity index (χ1v) is 10.1. The van der Waals surface area contributed by atoms with Crippen molar-refractivity contribution >= 4 is 23.4 Å². The fourth-order valence-corrected chi connectivity index (χ4v) is 4.39. The van der Waals surface area contributed by atoms with Crippen molar-refractivity contribution < 1.29 is 14.4 Å². The molecule has 8 heteroatoms. The number of hydrogen-bond donors (Lipinski definition) is 2. The summed E-state index contributed by atoms with van der Waals surface area (Å²) in [6, 6.07) is 12.6. The monoisotopic (exact) mass is 415 g/mol. The lowest BCUT2D eigenvalue weighted by Crippen LogP contribution is -2.52. The van der Waals surface area contributed by atoms with E-state index in [1.165, 1.54) is 0 Å². The van der Waals surface area contributed by atoms with Gasteiger partial charge in [-0.05, 0) is 30.2 Å². The first-order valence-electron chi connectivity index (χ1n) is 10.1. The van der Waals surface area contributed by atoms with E-state index in [0.717, 1.165) is 28.1 Å². The Labute approximate surface area is 178 Å². The summed E-state index contributed by atoms with van der Waals surface area (Å²) < 4.78 is 1.93. The zero-order valence-corrected chi connectivity index (χ0v) is 17.0. The summed E-state index contributed by atoms with van der Waals surface area (Å²) in [6.45, 7) is 0.323. The lowest BCUT2D eigenvalue weighted by atomic mass is 10.00. The lowest BCUT2D eigenvalue weighted by Gasteiger charge is -2.29. The van der Waals surface area contributed by atoms with Crippen LogP contribution in [-0.2, 0) is 23.2 Å². The predicted molar refractivity (Wildman–Crippen MR) is 115 cm³/mol. The van der Waals surface area contributed by atoms with Crippen molar-refractivity contribution in [1.29, 1.82) is 0 Å². The number of aryl methyl sites for hydroxylation is 1. The van der Waals surface area contributed by atoms with Crippen molar-refractivity contribution in [3.63, 3.8) is 0 Å². The van der Waals surface area contributed by atoms with E-state index in [2.05, 4.69) is 10.3 Å². The molecule has 1 atom stereocenters. The molecule has 2 aromatic carbocycles. The third-order valence-corrected chi connectivity index (χ3v) is 5.95. The summed E-state index contributed by atoms with van der Waals surface area (Å²) in [5.41, 5.74) is 11.7. The molecule has 8 nitrogen and oxygen atoms in total. The molecule has 3 heterocycles. The number of piperidine rings is 1. The zero-order valence-electron chi connectivity index (χ0n) is 17.0. The SMILES string of the molecule is Cn1cnc(-c2ccc3c(c2)CN(C2CCC(=O)NC2=O)C3=O)c1-c1ccccc1N. The molecule has 1 aromatic heterocycles. The standard InChI is InChI=1S/C23H21N5O3/c1-27-12-25-20(21(27)16-4-2-3-5-17(16)24)13-6-7-15-14(10-13)11-28(23(15)31)18-8-9-19(29)26-22(18)30/h2-7,10,12,18H,8-9,11,24H2,1H3,(H,26,29,30). The van der Waals surface area contributed by atoms with Gasteiger partial charge in [0, 0.05) is 42.4 Å². The van der Waals surface area contributed by atoms with Gasteiger partial charge in [-0.25, -0.2) is 4.98 Å². The summed E-state index contributed by atoms with van der Waals surface area (Å²) in [5.74, 6) is -0.899. The van der Waals surface area contributed by atoms with Crippen LogP contribution < -0.4 is 11.1 Å². The number of nitrogens with two attached hydrogens (primary N) is 1. The number of benzene rings is 2. The molecule has 0 saturated carbocycles. The molecule has 0 aliphatic carbocycles. The molecule has 0 bridgehead atoms. The number of nitrogens with one attached hydrogen (secondary N) is 1. The van der Waals surface area contributed by atoms with Gasteiger partial charge >= 0.3 is 0 Å². The summed E-state index contributed by atoms with van der Waals surface area (Å²) in [7, 11) is 1.92. The van der Waals surface area contributed by atoms with Crippen molar-refractivity contribution in [2.45, 2.75) is 25.4 Å². The number of para-hydroxylation sites is 1. The maximum absolute atomic E-state index is 12.9. The van der Waals surface area contributed by atoms with Gasteiger partial charge in [0.25, 0.3) is 5.91 Å². The Kier molecular flexibility index (Phi) is 4.35. The second-order valence-corrected chi connectivity index (χ2v) is 7.91. The molecule has 156 valence electrons. The van der Waals surface area contributed by atoms with Crippen LogP contribution in [0.3, 0.4) is 0 Å². The molecular weight excluding hydrogens is 394 g/mol. The number of amides is 3. The molecule has 2 aliphatic heterocycles. The van der Waals surface area contributed by atoms with E-state index in [4.69, 9.17) is 5.73 Å². The minimum absolute atomic E-state index is 0.190. The summed E-state index contributed by atoms with van der Waals surface area (Å²) >= 11 is 0. The summed E-state index contributed by atoms with van der Waals surface area (Å²) in [5, 5.41) is 2.33. The molecule has 1 saturated heterocycles. The first kappa shape index (κ1) is 19.0. The predicted octanol–water partition coefficient (Wildman–Crippen LogP) is 2.10. The third kappa shape index (κ3) is 3.07. The Morgan fingerprint density at radius 1 is 1.10 bits per heavy atom. The minimum atomic E-state index is -0.629. The lowest BCUT2D eigenvalue weighted by molar-refractivity contribution is -0.136. The van der Waals surface area contributed by atoms with Crippen LogP contribution in [0, 0.1) is 0 Å². The summed E-state index contributed by atoms with van der Waals surface area (Å²) in [4.78, 5) is 42.8. The van der Waals surface area contributed by atoms with E-state index in [1.54, 1.807) is 17.3 Å². The molecule has 1 unspecified atom stereocenters. The van der Waals surface area contributed by atoms with Crippen molar-refractivity contribution in [3.8, 4) is 22.5 Å². The van der Waals surface area contributed by atoms with E-state index in [0.29, 0.717) is 24.2 Å². The Morgan fingerprint density at radius 2 is 1.90 bits per heavy atom. The second kappa shape index (κ2) is 7.09. The van der Waals surface area contributed by atoms with E-state index < -0.39 is 11.9 Å². The van der Waals surface area contributed by atoms with Crippen molar-refractivity contribution in [2.75, 3.05) is 5.73 Å². The molecule has 0 spiro atoms. The highest BCUT2D eigenvalue weighted by atomic mass is 16.2. The fraction of sp³-hybridized carbons (Fsp3) is 0.217. The van der Waals surface area contributed by atoms with E-state index >= 15 is 0 Å². The van der Waals surface area contributed by atoms with Gasteiger partial charge in [0.1, 0.15) is 6.04 Å². The van der Waals surface area contributed by atoms with E-state index in [1.807, 2.05) is 48.0 Å². The van der Waals surface area contributed by atoms with E-state index in [-0.39, 0.29) is 18.2 Å². The first-order chi connectivity index (χ1) is 14.9. The Hall–Kier alpha value is -3.94. The van der Waals surface area contributed by atoms with Gasteiger partial charge in [-0.1, -0.05) is 24.3 Å². The van der Waals surface area contributed by atoms with Gasteiger partial charge in [-0.15, -0.1) is 0 Å². The number of imidazole rings is 1. The van der Waals surface area contributed by atoms with Crippen molar-refractivity contribution in [2.24, 2.45) is 7.05 Å². The number of anilines is 1. The fourth-order valence-electron chi connectivity index (χ4n) is 4.39. The van der Waals surface area contributed by atoms with Crippen LogP contribution in [0.2, 0.25) is 0 Å². The minimum Gasteiger partial charge on any atom is -0.398 e. The average molecular weight is 415 g/mol. The molecule has 31 heavy (non-hydrogen) atoms. The van der Waals surface area contributed by atoms with Crippen molar-refractivity contribution in [3.05, 3.63) is 59.9 Å². The molecular formula is C23H21N5O3. The number of aromatic nitrogens is 2. The van der Waals surface area contributed by atoms with Gasteiger partial charge in [0.15, 0.2) is 0 Å². The molecule has 2 aliphatic rings. The average Bonchev–Trinajstić information content (AvgIpc) is 3.28. The smallest absolute Gasteiger partial charge is 0.255 e. The normalized spacial score (nSPS) is 18.3. The zero-order chi connectivity index (χ0) is 21.7. The number of hydrogen-bond acceptors (Lipinski definition) is 5. The van der Waals surface area contributed by atoms with Crippen LogP contribution in [0.15, 0.2) is 48.8 Å². The van der Waals surface area contributed by atoms with Crippen LogP contribution in [0.5, 0.6) is 0 Å². The largest absolute Gasteiger partial charge is 0.398 e. The molecule has 3 amide bonds. The summed E-state index contributed by atoms with van der Waals surface area (Å²) in [6.07, 6.45) is 2.32. The number of nitrogen functional groups attached to an aromatic ring is 1. The highest BCUT2D eigenvalue weighted by Gasteiger charge is 2.39. The number of nitrogens with zero attached hydrogens (tertiary/aromatic N) is 3. The van der Waals surface area contributed by atoms with Crippen LogP contribution >= 0.6 is 0 Å². The van der Waals surface area contributed by atoms with Crippen LogP contribution in [0.1, 0.15) is 28.8 Å². The third-order valence-electron chi connectivity index (χ3n) is 5.95. The number of carbonyl (C=O) groups is 3. The number of carbonyl (C=O) groups excluding carboxylic acids is 3. The quantitative estimate of drug-likeness (QED) is 0.503. The Balaban J connectivity index is 1.51. The molecule has 1 fully saturated rings. The molecule has 0 radical (unpaired) electrons. The topological polar surface area (TPSA) is 110 Å². The molecule has 3 N–H and O–H groups in total. The highest BCUT2D eigenvalue weighted by molar-refractivity contribution is 6.05. The highest BCUT2D eigenvalue weighted by Crippen LogP contribution is 2.36. The van der Waals surface area contributed by atoms with Gasteiger partial charge in [0.05, 0.1) is 17.7 Å². The molecule has 5 rings (SSSR count). The van der Waals surface area contributed by atoms with Gasteiger partial charge < -0.3 is 15.2 Å². The van der Waals surface area contributed by atoms with Crippen LogP contribution in [0.4, 0.5) is 5.69 Å². The van der Waals surface area contributed by atoms with Crippen LogP contribution in [-0.4, -0.2) is 38.2 Å². The van der Waals surface area contributed by atoms with E-state index in [9.17, 15) is 14.4 Å². The maximum atomic E-state index is 12.9. The van der Waals surface area contributed by atoms with Gasteiger partial charge in [-0.2, -0.15) is 0 Å².